The van der Waals surface area contributed by atoms with Gasteiger partial charge in [0.2, 0.25) is 0 Å². The molecule has 0 aliphatic heterocycles. The Kier molecular flexibility index (Phi) is 4.12. The van der Waals surface area contributed by atoms with E-state index in [0.717, 1.165) is 21.7 Å². The minimum absolute atomic E-state index is 0.284. The number of aryl methyl sites for hydroxylation is 2. The van der Waals surface area contributed by atoms with Crippen LogP contribution in [0.1, 0.15) is 10.4 Å². The molecule has 156 valence electrons. The van der Waals surface area contributed by atoms with E-state index in [9.17, 15) is 0 Å². The van der Waals surface area contributed by atoms with Crippen molar-refractivity contribution in [2.75, 3.05) is 0 Å². The van der Waals surface area contributed by atoms with Crippen molar-refractivity contribution in [3.63, 3.8) is 0 Å². The number of thiophene rings is 1. The Labute approximate surface area is 185 Å². The number of nitrogens with zero attached hydrogens (tertiary/aromatic N) is 5. The molecule has 0 fully saturated rings. The van der Waals surface area contributed by atoms with Gasteiger partial charge >= 0.3 is 0 Å². The molecule has 6 aromatic rings. The number of hydrogen-bond acceptors (Lipinski definition) is 6. The molecule has 0 aliphatic carbocycles. The SMILES string of the molecule is Cc1ccc(-c2nccc3[nH]c(-c4n[nH]c5ncc(-c6cnccc6C)c(F)c45)nc23)s1. The minimum Gasteiger partial charge on any atom is -0.336 e. The van der Waals surface area contributed by atoms with Gasteiger partial charge in [-0.1, -0.05) is 0 Å². The smallest absolute Gasteiger partial charge is 0.159 e. The van der Waals surface area contributed by atoms with Crippen LogP contribution in [0.25, 0.3) is 55.3 Å². The van der Waals surface area contributed by atoms with Gasteiger partial charge in [-0.3, -0.25) is 15.1 Å². The van der Waals surface area contributed by atoms with Crippen molar-refractivity contribution in [1.29, 1.82) is 0 Å². The van der Waals surface area contributed by atoms with E-state index in [2.05, 4.69) is 43.1 Å². The van der Waals surface area contributed by atoms with Crippen molar-refractivity contribution in [2.45, 2.75) is 13.8 Å². The Morgan fingerprint density at radius 3 is 2.66 bits per heavy atom. The normalized spacial score (nSPS) is 11.6. The van der Waals surface area contributed by atoms with E-state index < -0.39 is 5.82 Å². The molecule has 0 radical (unpaired) electrons. The van der Waals surface area contributed by atoms with Crippen molar-refractivity contribution >= 4 is 33.4 Å². The van der Waals surface area contributed by atoms with Gasteiger partial charge in [0.1, 0.15) is 22.7 Å². The molecule has 6 rings (SSSR count). The van der Waals surface area contributed by atoms with Gasteiger partial charge in [0.25, 0.3) is 0 Å². The molecule has 9 heteroatoms. The number of hydrogen-bond donors (Lipinski definition) is 2. The van der Waals surface area contributed by atoms with E-state index in [0.29, 0.717) is 33.8 Å². The summed E-state index contributed by atoms with van der Waals surface area (Å²) in [5, 5.41) is 7.44. The molecule has 0 saturated carbocycles. The number of aromatic amines is 2. The first-order chi connectivity index (χ1) is 15.6. The average molecular weight is 441 g/mol. The van der Waals surface area contributed by atoms with Crippen LogP contribution in [0.4, 0.5) is 4.39 Å². The van der Waals surface area contributed by atoms with Gasteiger partial charge in [-0.15, -0.1) is 11.3 Å². The molecule has 32 heavy (non-hydrogen) atoms. The van der Waals surface area contributed by atoms with Crippen molar-refractivity contribution < 1.29 is 4.39 Å². The van der Waals surface area contributed by atoms with E-state index in [-0.39, 0.29) is 5.39 Å². The van der Waals surface area contributed by atoms with Crippen molar-refractivity contribution in [1.82, 2.24) is 35.1 Å². The summed E-state index contributed by atoms with van der Waals surface area (Å²) in [6.45, 7) is 3.97. The maximum absolute atomic E-state index is 15.7. The average Bonchev–Trinajstić information content (AvgIpc) is 3.52. The lowest BCUT2D eigenvalue weighted by atomic mass is 10.0. The van der Waals surface area contributed by atoms with E-state index in [1.54, 1.807) is 29.9 Å². The van der Waals surface area contributed by atoms with Gasteiger partial charge < -0.3 is 4.98 Å². The molecule has 0 aromatic carbocycles. The highest BCUT2D eigenvalue weighted by molar-refractivity contribution is 7.15. The summed E-state index contributed by atoms with van der Waals surface area (Å²) in [4.78, 5) is 23.3. The zero-order valence-corrected chi connectivity index (χ0v) is 18.0. The molecule has 0 bridgehead atoms. The summed E-state index contributed by atoms with van der Waals surface area (Å²) in [5.41, 5.74) is 5.01. The maximum Gasteiger partial charge on any atom is 0.159 e. The maximum atomic E-state index is 15.7. The van der Waals surface area contributed by atoms with Gasteiger partial charge in [0.05, 0.1) is 15.8 Å². The zero-order chi connectivity index (χ0) is 21.8. The molecule has 6 heterocycles. The van der Waals surface area contributed by atoms with Crippen LogP contribution in [-0.4, -0.2) is 35.1 Å². The first-order valence-corrected chi connectivity index (χ1v) is 10.8. The van der Waals surface area contributed by atoms with E-state index in [1.807, 2.05) is 25.1 Å². The number of imidazole rings is 1. The molecule has 2 N–H and O–H groups in total. The second-order valence-corrected chi connectivity index (χ2v) is 8.81. The molecule has 0 unspecified atom stereocenters. The summed E-state index contributed by atoms with van der Waals surface area (Å²) in [6, 6.07) is 7.78. The topological polar surface area (TPSA) is 96.0 Å². The number of rotatable bonds is 3. The lowest BCUT2D eigenvalue weighted by Gasteiger charge is -2.06. The second-order valence-electron chi connectivity index (χ2n) is 7.52. The van der Waals surface area contributed by atoms with E-state index in [4.69, 9.17) is 4.98 Å². The number of pyridine rings is 3. The van der Waals surface area contributed by atoms with Crippen molar-refractivity contribution in [3.05, 3.63) is 65.3 Å². The number of aromatic nitrogens is 7. The van der Waals surface area contributed by atoms with Crippen LogP contribution in [0.3, 0.4) is 0 Å². The Morgan fingerprint density at radius 1 is 0.938 bits per heavy atom. The Hall–Kier alpha value is -3.98. The molecule has 6 aromatic heterocycles. The summed E-state index contributed by atoms with van der Waals surface area (Å²) in [6.07, 6.45) is 6.57. The third-order valence-corrected chi connectivity index (χ3v) is 6.46. The molecule has 0 amide bonds. The van der Waals surface area contributed by atoms with E-state index >= 15 is 4.39 Å². The van der Waals surface area contributed by atoms with Crippen LogP contribution in [0.2, 0.25) is 0 Å². The molecule has 0 spiro atoms. The van der Waals surface area contributed by atoms with Gasteiger partial charge in [-0.2, -0.15) is 5.10 Å². The summed E-state index contributed by atoms with van der Waals surface area (Å²) < 4.78 is 15.7. The van der Waals surface area contributed by atoms with Crippen molar-refractivity contribution in [2.24, 2.45) is 0 Å². The zero-order valence-electron chi connectivity index (χ0n) is 17.1. The third kappa shape index (κ3) is 2.82. The molecule has 7 nitrogen and oxygen atoms in total. The fraction of sp³-hybridized carbons (Fsp3) is 0.0870. The fourth-order valence-electron chi connectivity index (χ4n) is 3.85. The Morgan fingerprint density at radius 2 is 1.84 bits per heavy atom. The number of fused-ring (bicyclic) bond motifs is 2. The predicted molar refractivity (Wildman–Crippen MR) is 123 cm³/mol. The Balaban J connectivity index is 1.56. The van der Waals surface area contributed by atoms with Gasteiger partial charge in [0.15, 0.2) is 11.5 Å². The minimum atomic E-state index is -0.414. The molecular weight excluding hydrogens is 425 g/mol. The molecule has 0 atom stereocenters. The standard InChI is InChI=1S/C23H16FN7S/c1-11-5-7-25-9-13(11)14-10-27-22-17(18(14)24)21(30-31-22)23-28-15-6-8-26-20(19(15)29-23)16-4-3-12(2)32-16/h3-10H,1-2H3,(H,28,29)(H,27,30,31). The quantitative estimate of drug-likeness (QED) is 0.381. The molecule has 0 saturated heterocycles. The van der Waals surface area contributed by atoms with Crippen molar-refractivity contribution in [3.8, 4) is 33.2 Å². The van der Waals surface area contributed by atoms with Gasteiger partial charge in [-0.05, 0) is 43.7 Å². The molecule has 0 aliphatic rings. The monoisotopic (exact) mass is 441 g/mol. The number of H-pyrrole nitrogens is 2. The van der Waals surface area contributed by atoms with Crippen LogP contribution < -0.4 is 0 Å². The first-order valence-electron chi connectivity index (χ1n) is 9.95. The van der Waals surface area contributed by atoms with Crippen LogP contribution in [0.15, 0.2) is 49.1 Å². The predicted octanol–water partition coefficient (Wildman–Crippen LogP) is 5.44. The third-order valence-electron chi connectivity index (χ3n) is 5.45. The lowest BCUT2D eigenvalue weighted by Crippen LogP contribution is -1.93. The largest absolute Gasteiger partial charge is 0.336 e. The number of halogens is 1. The second kappa shape index (κ2) is 7.03. The van der Waals surface area contributed by atoms with Crippen LogP contribution >= 0.6 is 11.3 Å². The Bertz CT molecular complexity index is 1630. The van der Waals surface area contributed by atoms with Crippen LogP contribution in [-0.2, 0) is 0 Å². The number of nitrogens with one attached hydrogen (secondary N) is 2. The van der Waals surface area contributed by atoms with Crippen LogP contribution in [0.5, 0.6) is 0 Å². The van der Waals surface area contributed by atoms with Gasteiger partial charge in [0, 0.05) is 40.8 Å². The highest BCUT2D eigenvalue weighted by Gasteiger charge is 2.22. The van der Waals surface area contributed by atoms with Gasteiger partial charge in [-0.25, -0.2) is 14.4 Å². The van der Waals surface area contributed by atoms with Crippen LogP contribution in [0, 0.1) is 19.7 Å². The molecular formula is C23H16FN7S. The lowest BCUT2D eigenvalue weighted by molar-refractivity contribution is 0.642. The highest BCUT2D eigenvalue weighted by Crippen LogP contribution is 2.35. The summed E-state index contributed by atoms with van der Waals surface area (Å²) in [5.74, 6) is 0.0390. The fourth-order valence-corrected chi connectivity index (χ4v) is 4.71. The summed E-state index contributed by atoms with van der Waals surface area (Å²) >= 11 is 1.65. The summed E-state index contributed by atoms with van der Waals surface area (Å²) in [7, 11) is 0. The highest BCUT2D eigenvalue weighted by atomic mass is 32.1. The van der Waals surface area contributed by atoms with E-state index in [1.165, 1.54) is 11.1 Å². The first kappa shape index (κ1) is 18.8.